The molecule has 1 saturated carbocycles. The van der Waals surface area contributed by atoms with Crippen LogP contribution in [0.25, 0.3) is 0 Å². The fraction of sp³-hybridized carbons (Fsp3) is 0.900. The average Bonchev–Trinajstić information content (AvgIpc) is 2.06. The fourth-order valence-electron chi connectivity index (χ4n) is 2.35. The molecule has 2 atom stereocenters. The number of nitrogens with one attached hydrogen (secondary N) is 2. The molecule has 3 nitrogen and oxygen atoms in total. The summed E-state index contributed by atoms with van der Waals surface area (Å²) in [4.78, 5) is 11.6. The van der Waals surface area contributed by atoms with E-state index in [0.29, 0.717) is 12.1 Å². The molecule has 1 amide bonds. The zero-order valence-corrected chi connectivity index (χ0v) is 8.39. The van der Waals surface area contributed by atoms with Crippen LogP contribution in [0.5, 0.6) is 0 Å². The molecule has 0 aromatic heterocycles. The number of fused-ring (bicyclic) bond motifs is 1. The molecule has 2 rings (SSSR count). The molecule has 74 valence electrons. The maximum absolute atomic E-state index is 11.6. The van der Waals surface area contributed by atoms with Gasteiger partial charge < -0.3 is 5.32 Å². The molecule has 3 heteroatoms. The Balaban J connectivity index is 2.10. The molecular weight excluding hydrogens is 164 g/mol. The van der Waals surface area contributed by atoms with Gasteiger partial charge in [0.15, 0.2) is 0 Å². The van der Waals surface area contributed by atoms with Crippen molar-refractivity contribution in [3.05, 3.63) is 0 Å². The maximum atomic E-state index is 11.6. The van der Waals surface area contributed by atoms with E-state index in [1.54, 1.807) is 0 Å². The highest BCUT2D eigenvalue weighted by molar-refractivity contribution is 5.86. The zero-order valence-electron chi connectivity index (χ0n) is 8.39. The lowest BCUT2D eigenvalue weighted by atomic mass is 9.84. The summed E-state index contributed by atoms with van der Waals surface area (Å²) in [6.07, 6.45) is 4.89. The third-order valence-electron chi connectivity index (χ3n) is 3.20. The first kappa shape index (κ1) is 9.00. The molecule has 2 fully saturated rings. The van der Waals surface area contributed by atoms with Crippen LogP contribution in [0.2, 0.25) is 0 Å². The predicted octanol–water partition coefficient (Wildman–Crippen LogP) is 0.796. The molecule has 1 aliphatic heterocycles. The normalized spacial score (nSPS) is 37.8. The predicted molar refractivity (Wildman–Crippen MR) is 51.4 cm³/mol. The van der Waals surface area contributed by atoms with Crippen molar-refractivity contribution in [2.24, 2.45) is 0 Å². The molecule has 1 saturated heterocycles. The third kappa shape index (κ3) is 1.57. The summed E-state index contributed by atoms with van der Waals surface area (Å²) in [7, 11) is 0. The van der Waals surface area contributed by atoms with E-state index in [-0.39, 0.29) is 11.4 Å². The number of carbonyl (C=O) groups is 1. The van der Waals surface area contributed by atoms with Crippen molar-refractivity contribution in [1.82, 2.24) is 10.6 Å². The van der Waals surface area contributed by atoms with Crippen LogP contribution in [0.4, 0.5) is 0 Å². The first-order valence-electron chi connectivity index (χ1n) is 5.18. The molecule has 0 unspecified atom stereocenters. The Bertz CT molecular complexity index is 225. The van der Waals surface area contributed by atoms with Crippen molar-refractivity contribution in [2.45, 2.75) is 57.2 Å². The number of hydrogen-bond donors (Lipinski definition) is 2. The van der Waals surface area contributed by atoms with Crippen molar-refractivity contribution in [3.63, 3.8) is 0 Å². The van der Waals surface area contributed by atoms with Gasteiger partial charge >= 0.3 is 0 Å². The van der Waals surface area contributed by atoms with Gasteiger partial charge in [-0.2, -0.15) is 0 Å². The van der Waals surface area contributed by atoms with Crippen LogP contribution in [0.3, 0.4) is 0 Å². The Labute approximate surface area is 79.3 Å². The second-order valence-corrected chi connectivity index (χ2v) is 4.74. The molecular formula is C10H18N2O. The maximum Gasteiger partial charge on any atom is 0.240 e. The molecule has 0 radical (unpaired) electrons. The Hall–Kier alpha value is -0.570. The van der Waals surface area contributed by atoms with Gasteiger partial charge in [-0.25, -0.2) is 0 Å². The molecule has 1 aliphatic carbocycles. The molecule has 0 aromatic rings. The van der Waals surface area contributed by atoms with Crippen LogP contribution in [0, 0.1) is 0 Å². The summed E-state index contributed by atoms with van der Waals surface area (Å²) >= 11 is 0. The largest absolute Gasteiger partial charge is 0.350 e. The van der Waals surface area contributed by atoms with E-state index in [1.807, 2.05) is 13.8 Å². The molecule has 2 aliphatic rings. The number of rotatable bonds is 0. The van der Waals surface area contributed by atoms with E-state index in [0.717, 1.165) is 6.42 Å². The minimum absolute atomic E-state index is 0.149. The van der Waals surface area contributed by atoms with Gasteiger partial charge in [-0.1, -0.05) is 12.8 Å². The molecule has 0 bridgehead atoms. The highest BCUT2D eigenvalue weighted by Crippen LogP contribution is 2.24. The van der Waals surface area contributed by atoms with E-state index in [9.17, 15) is 4.79 Å². The van der Waals surface area contributed by atoms with Gasteiger partial charge in [-0.15, -0.1) is 0 Å². The van der Waals surface area contributed by atoms with Crippen molar-refractivity contribution >= 4 is 5.91 Å². The minimum Gasteiger partial charge on any atom is -0.350 e. The second kappa shape index (κ2) is 2.98. The van der Waals surface area contributed by atoms with Gasteiger partial charge in [0.25, 0.3) is 0 Å². The second-order valence-electron chi connectivity index (χ2n) is 4.74. The fourth-order valence-corrected chi connectivity index (χ4v) is 2.35. The number of carbonyl (C=O) groups excluding carboxylic acids is 1. The van der Waals surface area contributed by atoms with E-state index in [2.05, 4.69) is 10.6 Å². The lowest BCUT2D eigenvalue weighted by Gasteiger charge is -2.44. The summed E-state index contributed by atoms with van der Waals surface area (Å²) in [5.41, 5.74) is -0.376. The Morgan fingerprint density at radius 3 is 2.54 bits per heavy atom. The van der Waals surface area contributed by atoms with Crippen LogP contribution in [0.15, 0.2) is 0 Å². The molecule has 0 aromatic carbocycles. The Morgan fingerprint density at radius 1 is 1.23 bits per heavy atom. The van der Waals surface area contributed by atoms with Crippen LogP contribution in [-0.2, 0) is 4.79 Å². The van der Waals surface area contributed by atoms with Crippen molar-refractivity contribution in [2.75, 3.05) is 0 Å². The highest BCUT2D eigenvalue weighted by Gasteiger charge is 2.40. The number of piperazine rings is 1. The zero-order chi connectivity index (χ0) is 9.47. The van der Waals surface area contributed by atoms with E-state index in [1.165, 1.54) is 19.3 Å². The van der Waals surface area contributed by atoms with Gasteiger partial charge in [-0.05, 0) is 26.7 Å². The van der Waals surface area contributed by atoms with Gasteiger partial charge in [0, 0.05) is 12.1 Å². The molecule has 0 spiro atoms. The molecule has 2 N–H and O–H groups in total. The van der Waals surface area contributed by atoms with Crippen LogP contribution < -0.4 is 10.6 Å². The van der Waals surface area contributed by atoms with Gasteiger partial charge in [-0.3, -0.25) is 10.1 Å². The lowest BCUT2D eigenvalue weighted by molar-refractivity contribution is -0.130. The standard InChI is InChI=1S/C10H18N2O/c1-10(2)9(13)11-7-5-3-4-6-8(7)12-10/h7-8,12H,3-6H2,1-2H3,(H,11,13)/t7-,8+/m1/s1. The highest BCUT2D eigenvalue weighted by atomic mass is 16.2. The quantitative estimate of drug-likeness (QED) is 0.581. The van der Waals surface area contributed by atoms with Crippen LogP contribution in [-0.4, -0.2) is 23.5 Å². The van der Waals surface area contributed by atoms with E-state index >= 15 is 0 Å². The van der Waals surface area contributed by atoms with Gasteiger partial charge in [0.1, 0.15) is 0 Å². The summed E-state index contributed by atoms with van der Waals surface area (Å²) in [6.45, 7) is 3.90. The van der Waals surface area contributed by atoms with Gasteiger partial charge in [0.05, 0.1) is 5.54 Å². The summed E-state index contributed by atoms with van der Waals surface area (Å²) in [6, 6.07) is 0.885. The lowest BCUT2D eigenvalue weighted by Crippen LogP contribution is -2.69. The molecule has 1 heterocycles. The summed E-state index contributed by atoms with van der Waals surface area (Å²) in [5, 5.41) is 6.54. The van der Waals surface area contributed by atoms with Crippen LogP contribution in [0.1, 0.15) is 39.5 Å². The molecule has 13 heavy (non-hydrogen) atoms. The van der Waals surface area contributed by atoms with Crippen molar-refractivity contribution < 1.29 is 4.79 Å². The van der Waals surface area contributed by atoms with Crippen molar-refractivity contribution in [1.29, 1.82) is 0 Å². The number of amides is 1. The third-order valence-corrected chi connectivity index (χ3v) is 3.20. The summed E-state index contributed by atoms with van der Waals surface area (Å²) < 4.78 is 0. The summed E-state index contributed by atoms with van der Waals surface area (Å²) in [5.74, 6) is 0.149. The topological polar surface area (TPSA) is 41.1 Å². The smallest absolute Gasteiger partial charge is 0.240 e. The first-order valence-corrected chi connectivity index (χ1v) is 5.18. The first-order chi connectivity index (χ1) is 6.09. The van der Waals surface area contributed by atoms with E-state index in [4.69, 9.17) is 0 Å². The number of hydrogen-bond acceptors (Lipinski definition) is 2. The van der Waals surface area contributed by atoms with Crippen LogP contribution >= 0.6 is 0 Å². The van der Waals surface area contributed by atoms with Crippen molar-refractivity contribution in [3.8, 4) is 0 Å². The average molecular weight is 182 g/mol. The Kier molecular flexibility index (Phi) is 2.06. The minimum atomic E-state index is -0.376. The Morgan fingerprint density at radius 2 is 1.85 bits per heavy atom. The SMILES string of the molecule is CC1(C)N[C@H]2CCCC[C@H]2NC1=O. The monoisotopic (exact) mass is 182 g/mol. The van der Waals surface area contributed by atoms with E-state index < -0.39 is 0 Å². The van der Waals surface area contributed by atoms with Gasteiger partial charge in [0.2, 0.25) is 5.91 Å².